The second kappa shape index (κ2) is 7.39. The highest BCUT2D eigenvalue weighted by molar-refractivity contribution is 5.93. The van der Waals surface area contributed by atoms with E-state index in [1.165, 1.54) is 0 Å². The van der Waals surface area contributed by atoms with E-state index >= 15 is 0 Å². The van der Waals surface area contributed by atoms with E-state index in [1.54, 1.807) is 17.2 Å². The number of rotatable bonds is 4. The van der Waals surface area contributed by atoms with Crippen molar-refractivity contribution in [2.45, 2.75) is 12.5 Å². The van der Waals surface area contributed by atoms with Crippen LogP contribution in [0.5, 0.6) is 5.75 Å². The molecule has 1 unspecified atom stereocenters. The van der Waals surface area contributed by atoms with Gasteiger partial charge in [0, 0.05) is 36.2 Å². The highest BCUT2D eigenvalue weighted by Gasteiger charge is 2.30. The van der Waals surface area contributed by atoms with Crippen LogP contribution >= 0.6 is 0 Å². The van der Waals surface area contributed by atoms with Crippen molar-refractivity contribution in [2.24, 2.45) is 0 Å². The van der Waals surface area contributed by atoms with Gasteiger partial charge in [0.15, 0.2) is 11.5 Å². The molecule has 6 nitrogen and oxygen atoms in total. The predicted octanol–water partition coefficient (Wildman–Crippen LogP) is 4.18. The van der Waals surface area contributed by atoms with Gasteiger partial charge in [0.2, 0.25) is 0 Å². The van der Waals surface area contributed by atoms with Crippen molar-refractivity contribution in [1.82, 2.24) is 15.0 Å². The van der Waals surface area contributed by atoms with E-state index in [1.807, 2.05) is 60.7 Å². The number of nitrogens with zero attached hydrogens (tertiary/aromatic N) is 3. The van der Waals surface area contributed by atoms with E-state index in [4.69, 9.17) is 9.26 Å². The van der Waals surface area contributed by atoms with E-state index in [-0.39, 0.29) is 12.0 Å². The summed E-state index contributed by atoms with van der Waals surface area (Å²) in [6.45, 7) is 1.13. The highest BCUT2D eigenvalue weighted by atomic mass is 16.5. The number of amides is 1. The summed E-state index contributed by atoms with van der Waals surface area (Å²) < 4.78 is 11.5. The van der Waals surface area contributed by atoms with Gasteiger partial charge in [0.25, 0.3) is 5.91 Å². The number of fused-ring (bicyclic) bond motifs is 1. The summed E-state index contributed by atoms with van der Waals surface area (Å²) in [5.74, 6) is 1.19. The molecule has 0 aliphatic carbocycles. The molecule has 0 N–H and O–H groups in total. The van der Waals surface area contributed by atoms with Crippen molar-refractivity contribution in [3.05, 3.63) is 78.6 Å². The van der Waals surface area contributed by atoms with Crippen molar-refractivity contribution >= 4 is 16.8 Å². The molecule has 1 aliphatic rings. The van der Waals surface area contributed by atoms with Crippen molar-refractivity contribution in [1.29, 1.82) is 0 Å². The van der Waals surface area contributed by atoms with E-state index in [9.17, 15) is 4.79 Å². The van der Waals surface area contributed by atoms with Crippen molar-refractivity contribution < 1.29 is 14.1 Å². The van der Waals surface area contributed by atoms with Crippen LogP contribution in [-0.4, -0.2) is 40.1 Å². The number of aromatic nitrogens is 2. The zero-order valence-corrected chi connectivity index (χ0v) is 15.7. The Morgan fingerprint density at radius 1 is 1.07 bits per heavy atom. The van der Waals surface area contributed by atoms with Crippen LogP contribution in [0.3, 0.4) is 0 Å². The molecule has 5 rings (SSSR count). The Morgan fingerprint density at radius 2 is 1.93 bits per heavy atom. The maximum Gasteiger partial charge on any atom is 0.276 e. The first-order chi connectivity index (χ1) is 14.3. The number of pyridine rings is 1. The molecule has 1 fully saturated rings. The van der Waals surface area contributed by atoms with E-state index < -0.39 is 0 Å². The molecule has 0 bridgehead atoms. The minimum atomic E-state index is -0.141. The molecule has 1 atom stereocenters. The number of carbonyl (C=O) groups excluding carboxylic acids is 1. The second-order valence-corrected chi connectivity index (χ2v) is 7.05. The third-order valence-corrected chi connectivity index (χ3v) is 5.11. The lowest BCUT2D eigenvalue weighted by Gasteiger charge is -2.16. The van der Waals surface area contributed by atoms with Gasteiger partial charge >= 0.3 is 0 Å². The Kier molecular flexibility index (Phi) is 4.44. The molecule has 2 aromatic carbocycles. The highest BCUT2D eigenvalue weighted by Crippen LogP contribution is 2.27. The third-order valence-electron chi connectivity index (χ3n) is 5.11. The first-order valence-electron chi connectivity index (χ1n) is 9.60. The molecule has 1 saturated heterocycles. The quantitative estimate of drug-likeness (QED) is 0.527. The molecule has 144 valence electrons. The number of para-hydroxylation sites is 1. The molecule has 29 heavy (non-hydrogen) atoms. The average molecular weight is 385 g/mol. The summed E-state index contributed by atoms with van der Waals surface area (Å²) >= 11 is 0. The lowest BCUT2D eigenvalue weighted by Crippen LogP contribution is -2.31. The normalized spacial score (nSPS) is 16.3. The van der Waals surface area contributed by atoms with Crippen LogP contribution < -0.4 is 4.74 Å². The minimum Gasteiger partial charge on any atom is -0.486 e. The van der Waals surface area contributed by atoms with Crippen LogP contribution in [0.1, 0.15) is 16.9 Å². The molecule has 0 spiro atoms. The molecule has 1 amide bonds. The van der Waals surface area contributed by atoms with Gasteiger partial charge in [0.05, 0.1) is 6.54 Å². The number of hydrogen-bond donors (Lipinski definition) is 0. The fourth-order valence-electron chi connectivity index (χ4n) is 3.64. The molecule has 6 heteroatoms. The number of benzene rings is 2. The Morgan fingerprint density at radius 3 is 2.83 bits per heavy atom. The largest absolute Gasteiger partial charge is 0.486 e. The fraction of sp³-hybridized carbons (Fsp3) is 0.174. The van der Waals surface area contributed by atoms with Crippen molar-refractivity contribution in [2.75, 3.05) is 13.1 Å². The molecular weight excluding hydrogens is 366 g/mol. The summed E-state index contributed by atoms with van der Waals surface area (Å²) in [7, 11) is 0. The van der Waals surface area contributed by atoms with Crippen LogP contribution in [0.4, 0.5) is 0 Å². The summed E-state index contributed by atoms with van der Waals surface area (Å²) in [6, 6.07) is 21.1. The standard InChI is InChI=1S/C23H19N3O3/c27-23(19-14-21(29-25-19)16-6-2-1-3-7-16)26-13-11-18(15-26)28-20-10-4-8-17-9-5-12-24-22(17)20/h1-10,12,14,18H,11,13,15H2. The van der Waals surface area contributed by atoms with E-state index in [0.29, 0.717) is 24.5 Å². The summed E-state index contributed by atoms with van der Waals surface area (Å²) in [5.41, 5.74) is 2.05. The van der Waals surface area contributed by atoms with Gasteiger partial charge in [-0.25, -0.2) is 0 Å². The van der Waals surface area contributed by atoms with Gasteiger partial charge in [-0.15, -0.1) is 0 Å². The molecule has 2 aromatic heterocycles. The van der Waals surface area contributed by atoms with Gasteiger partial charge in [-0.1, -0.05) is 53.7 Å². The van der Waals surface area contributed by atoms with Crippen LogP contribution in [0.25, 0.3) is 22.2 Å². The minimum absolute atomic E-state index is 0.0768. The van der Waals surface area contributed by atoms with Gasteiger partial charge in [-0.2, -0.15) is 0 Å². The summed E-state index contributed by atoms with van der Waals surface area (Å²) in [5, 5.41) is 5.00. The average Bonchev–Trinajstić information content (AvgIpc) is 3.44. The van der Waals surface area contributed by atoms with E-state index in [0.717, 1.165) is 28.6 Å². The van der Waals surface area contributed by atoms with Crippen LogP contribution in [0.15, 0.2) is 77.4 Å². The van der Waals surface area contributed by atoms with Gasteiger partial charge in [-0.3, -0.25) is 9.78 Å². The molecule has 0 radical (unpaired) electrons. The topological polar surface area (TPSA) is 68.5 Å². The van der Waals surface area contributed by atoms with Crippen LogP contribution in [0.2, 0.25) is 0 Å². The summed E-state index contributed by atoms with van der Waals surface area (Å²) in [6.07, 6.45) is 2.44. The van der Waals surface area contributed by atoms with Gasteiger partial charge in [0.1, 0.15) is 17.4 Å². The summed E-state index contributed by atoms with van der Waals surface area (Å²) in [4.78, 5) is 19.0. The molecular formula is C23H19N3O3. The molecule has 0 saturated carbocycles. The maximum absolute atomic E-state index is 12.8. The van der Waals surface area contributed by atoms with Crippen molar-refractivity contribution in [3.8, 4) is 17.1 Å². The lowest BCUT2D eigenvalue weighted by molar-refractivity contribution is 0.0762. The zero-order chi connectivity index (χ0) is 19.6. The lowest BCUT2D eigenvalue weighted by atomic mass is 10.1. The van der Waals surface area contributed by atoms with Gasteiger partial charge in [-0.05, 0) is 12.1 Å². The molecule has 4 aromatic rings. The molecule has 3 heterocycles. The Labute approximate surface area is 167 Å². The van der Waals surface area contributed by atoms with E-state index in [2.05, 4.69) is 10.1 Å². The van der Waals surface area contributed by atoms with Crippen molar-refractivity contribution in [3.63, 3.8) is 0 Å². The fourth-order valence-corrected chi connectivity index (χ4v) is 3.64. The number of carbonyl (C=O) groups is 1. The van der Waals surface area contributed by atoms with Gasteiger partial charge < -0.3 is 14.2 Å². The first-order valence-corrected chi connectivity index (χ1v) is 9.60. The molecule has 1 aliphatic heterocycles. The Bertz CT molecular complexity index is 1150. The SMILES string of the molecule is O=C(c1cc(-c2ccccc2)on1)N1CCC(Oc2cccc3cccnc23)C1. The van der Waals surface area contributed by atoms with Crippen LogP contribution in [0, 0.1) is 0 Å². The smallest absolute Gasteiger partial charge is 0.276 e. The number of likely N-dealkylation sites (tertiary alicyclic amines) is 1. The first kappa shape index (κ1) is 17.4. The second-order valence-electron chi connectivity index (χ2n) is 7.05. The monoisotopic (exact) mass is 385 g/mol. The number of hydrogen-bond acceptors (Lipinski definition) is 5. The number of ether oxygens (including phenoxy) is 1. The Hall–Kier alpha value is -3.67. The van der Waals surface area contributed by atoms with Crippen LogP contribution in [-0.2, 0) is 0 Å². The maximum atomic E-state index is 12.8. The third kappa shape index (κ3) is 3.45. The predicted molar refractivity (Wildman–Crippen MR) is 109 cm³/mol. The zero-order valence-electron chi connectivity index (χ0n) is 15.7. The Balaban J connectivity index is 1.28.